The first kappa shape index (κ1) is 8.99. The second kappa shape index (κ2) is 3.53. The van der Waals surface area contributed by atoms with Crippen molar-refractivity contribution in [1.82, 2.24) is 4.90 Å². The third kappa shape index (κ3) is 1.55. The molecule has 12 heavy (non-hydrogen) atoms. The van der Waals surface area contributed by atoms with Crippen molar-refractivity contribution in [2.24, 2.45) is 5.73 Å². The molecule has 0 aromatic carbocycles. The molecule has 1 atom stereocenters. The van der Waals surface area contributed by atoms with Crippen LogP contribution in [0.2, 0.25) is 0 Å². The number of carbonyl (C=O) groups is 2. The lowest BCUT2D eigenvalue weighted by atomic mass is 10.2. The quantitative estimate of drug-likeness (QED) is 0.573. The molecule has 0 aliphatic carbocycles. The average molecular weight is 172 g/mol. The van der Waals surface area contributed by atoms with E-state index >= 15 is 0 Å². The van der Waals surface area contributed by atoms with E-state index in [0.29, 0.717) is 25.9 Å². The standard InChI is InChI=1S/C7H12N2O3/c8-3-4-9-5(7(11)12)1-2-6(9)10/h5H,1-4,8H2,(H,11,12)/t5-/m0/s1. The van der Waals surface area contributed by atoms with E-state index in [2.05, 4.69) is 0 Å². The van der Waals surface area contributed by atoms with Gasteiger partial charge >= 0.3 is 5.97 Å². The molecule has 1 rings (SSSR count). The zero-order valence-corrected chi connectivity index (χ0v) is 6.69. The SMILES string of the molecule is NCCN1C(=O)CC[C@H]1C(=O)O. The molecule has 68 valence electrons. The number of carbonyl (C=O) groups excluding carboxylic acids is 1. The summed E-state index contributed by atoms with van der Waals surface area (Å²) in [5.74, 6) is -1.04. The van der Waals surface area contributed by atoms with E-state index in [0.717, 1.165) is 0 Å². The van der Waals surface area contributed by atoms with E-state index in [-0.39, 0.29) is 5.91 Å². The number of likely N-dealkylation sites (tertiary alicyclic amines) is 1. The number of amides is 1. The van der Waals surface area contributed by atoms with Gasteiger partial charge in [0.2, 0.25) is 5.91 Å². The Hall–Kier alpha value is -1.10. The molecule has 3 N–H and O–H groups in total. The molecule has 0 radical (unpaired) electrons. The Bertz CT molecular complexity index is 205. The van der Waals surface area contributed by atoms with Gasteiger partial charge in [-0.15, -0.1) is 0 Å². The van der Waals surface area contributed by atoms with Crippen molar-refractivity contribution < 1.29 is 14.7 Å². The minimum Gasteiger partial charge on any atom is -0.480 e. The molecule has 1 fully saturated rings. The molecule has 1 heterocycles. The molecule has 1 saturated heterocycles. The molecule has 0 bridgehead atoms. The Labute approximate surface area is 70.1 Å². The van der Waals surface area contributed by atoms with Crippen LogP contribution in [-0.2, 0) is 9.59 Å². The lowest BCUT2D eigenvalue weighted by molar-refractivity contribution is -0.146. The predicted molar refractivity (Wildman–Crippen MR) is 41.4 cm³/mol. The highest BCUT2D eigenvalue weighted by Crippen LogP contribution is 2.17. The van der Waals surface area contributed by atoms with E-state index in [4.69, 9.17) is 10.8 Å². The smallest absolute Gasteiger partial charge is 0.326 e. The summed E-state index contributed by atoms with van der Waals surface area (Å²) in [4.78, 5) is 23.0. The number of nitrogens with two attached hydrogens (primary N) is 1. The van der Waals surface area contributed by atoms with Gasteiger partial charge in [0.05, 0.1) is 0 Å². The van der Waals surface area contributed by atoms with Crippen molar-refractivity contribution in [3.8, 4) is 0 Å². The third-order valence-electron chi connectivity index (χ3n) is 1.98. The van der Waals surface area contributed by atoms with Gasteiger partial charge < -0.3 is 15.7 Å². The summed E-state index contributed by atoms with van der Waals surface area (Å²) in [7, 11) is 0. The number of carboxylic acid groups (broad SMARTS) is 1. The van der Waals surface area contributed by atoms with Crippen molar-refractivity contribution in [3.63, 3.8) is 0 Å². The maximum Gasteiger partial charge on any atom is 0.326 e. The number of rotatable bonds is 3. The summed E-state index contributed by atoms with van der Waals surface area (Å²) in [6, 6.07) is -0.652. The highest BCUT2D eigenvalue weighted by molar-refractivity contribution is 5.87. The second-order valence-corrected chi connectivity index (χ2v) is 2.77. The van der Waals surface area contributed by atoms with Gasteiger partial charge in [0.15, 0.2) is 0 Å². The second-order valence-electron chi connectivity index (χ2n) is 2.77. The maximum atomic E-state index is 11.1. The highest BCUT2D eigenvalue weighted by Gasteiger charge is 2.34. The summed E-state index contributed by atoms with van der Waals surface area (Å²) >= 11 is 0. The average Bonchev–Trinajstić information content (AvgIpc) is 2.34. The maximum absolute atomic E-state index is 11.1. The summed E-state index contributed by atoms with van der Waals surface area (Å²) in [5, 5.41) is 8.69. The first-order valence-corrected chi connectivity index (χ1v) is 3.89. The van der Waals surface area contributed by atoms with Crippen LogP contribution in [-0.4, -0.2) is 41.0 Å². The molecule has 0 unspecified atom stereocenters. The molecular weight excluding hydrogens is 160 g/mol. The normalized spacial score (nSPS) is 23.2. The number of hydrogen-bond acceptors (Lipinski definition) is 3. The fourth-order valence-corrected chi connectivity index (χ4v) is 1.41. The molecule has 0 aromatic rings. The number of aliphatic carboxylic acids is 1. The zero-order valence-electron chi connectivity index (χ0n) is 6.69. The van der Waals surface area contributed by atoms with Gasteiger partial charge in [-0.1, -0.05) is 0 Å². The topological polar surface area (TPSA) is 83.6 Å². The molecule has 0 spiro atoms. The summed E-state index contributed by atoms with van der Waals surface area (Å²) in [6.07, 6.45) is 0.741. The van der Waals surface area contributed by atoms with Crippen LogP contribution in [0, 0.1) is 0 Å². The van der Waals surface area contributed by atoms with Gasteiger partial charge in [-0.2, -0.15) is 0 Å². The molecular formula is C7H12N2O3. The summed E-state index contributed by atoms with van der Waals surface area (Å²) in [6.45, 7) is 0.658. The monoisotopic (exact) mass is 172 g/mol. The zero-order chi connectivity index (χ0) is 9.14. The van der Waals surface area contributed by atoms with Crippen LogP contribution in [0.25, 0.3) is 0 Å². The number of hydrogen-bond donors (Lipinski definition) is 2. The predicted octanol–water partition coefficient (Wildman–Crippen LogP) is -0.979. The Morgan fingerprint density at radius 3 is 2.92 bits per heavy atom. The first-order chi connectivity index (χ1) is 5.66. The van der Waals surface area contributed by atoms with E-state index in [1.165, 1.54) is 4.90 Å². The number of carboxylic acids is 1. The fraction of sp³-hybridized carbons (Fsp3) is 0.714. The lowest BCUT2D eigenvalue weighted by Crippen LogP contribution is -2.41. The van der Waals surface area contributed by atoms with E-state index < -0.39 is 12.0 Å². The Balaban J connectivity index is 2.63. The third-order valence-corrected chi connectivity index (χ3v) is 1.98. The minimum atomic E-state index is -0.936. The van der Waals surface area contributed by atoms with Crippen LogP contribution in [0.5, 0.6) is 0 Å². The number of nitrogens with zero attached hydrogens (tertiary/aromatic N) is 1. The van der Waals surface area contributed by atoms with Gasteiger partial charge in [-0.25, -0.2) is 4.79 Å². The van der Waals surface area contributed by atoms with Crippen LogP contribution >= 0.6 is 0 Å². The van der Waals surface area contributed by atoms with Crippen LogP contribution in [0.4, 0.5) is 0 Å². The Morgan fingerprint density at radius 1 is 1.75 bits per heavy atom. The van der Waals surface area contributed by atoms with Gasteiger partial charge in [0, 0.05) is 19.5 Å². The molecule has 0 aromatic heterocycles. The molecule has 1 amide bonds. The van der Waals surface area contributed by atoms with Gasteiger partial charge in [0.1, 0.15) is 6.04 Å². The van der Waals surface area contributed by atoms with Gasteiger partial charge in [-0.3, -0.25) is 4.79 Å². The Morgan fingerprint density at radius 2 is 2.42 bits per heavy atom. The van der Waals surface area contributed by atoms with Crippen molar-refractivity contribution in [1.29, 1.82) is 0 Å². The van der Waals surface area contributed by atoms with Crippen molar-refractivity contribution in [2.75, 3.05) is 13.1 Å². The van der Waals surface area contributed by atoms with Crippen molar-refractivity contribution in [3.05, 3.63) is 0 Å². The molecule has 1 aliphatic heterocycles. The van der Waals surface area contributed by atoms with Crippen LogP contribution in [0.3, 0.4) is 0 Å². The van der Waals surface area contributed by atoms with Gasteiger partial charge in [-0.05, 0) is 6.42 Å². The molecule has 5 nitrogen and oxygen atoms in total. The van der Waals surface area contributed by atoms with Crippen LogP contribution in [0.1, 0.15) is 12.8 Å². The van der Waals surface area contributed by atoms with E-state index in [9.17, 15) is 9.59 Å². The molecule has 0 saturated carbocycles. The van der Waals surface area contributed by atoms with Crippen LogP contribution in [0.15, 0.2) is 0 Å². The van der Waals surface area contributed by atoms with E-state index in [1.807, 2.05) is 0 Å². The summed E-state index contributed by atoms with van der Waals surface area (Å²) < 4.78 is 0. The summed E-state index contributed by atoms with van der Waals surface area (Å²) in [5.41, 5.74) is 5.25. The minimum absolute atomic E-state index is 0.104. The largest absolute Gasteiger partial charge is 0.480 e. The van der Waals surface area contributed by atoms with Crippen molar-refractivity contribution >= 4 is 11.9 Å². The van der Waals surface area contributed by atoms with Gasteiger partial charge in [0.25, 0.3) is 0 Å². The molecule has 1 aliphatic rings. The fourth-order valence-electron chi connectivity index (χ4n) is 1.41. The first-order valence-electron chi connectivity index (χ1n) is 3.89. The van der Waals surface area contributed by atoms with Crippen molar-refractivity contribution in [2.45, 2.75) is 18.9 Å². The lowest BCUT2D eigenvalue weighted by Gasteiger charge is -2.20. The van der Waals surface area contributed by atoms with E-state index in [1.54, 1.807) is 0 Å². The Kier molecular flexibility index (Phi) is 2.65. The molecule has 5 heteroatoms. The highest BCUT2D eigenvalue weighted by atomic mass is 16.4. The van der Waals surface area contributed by atoms with Crippen LogP contribution < -0.4 is 5.73 Å².